The summed E-state index contributed by atoms with van der Waals surface area (Å²) in [6.07, 6.45) is 0. The van der Waals surface area contributed by atoms with Crippen LogP contribution in [0.4, 0.5) is 0 Å². The van der Waals surface area contributed by atoms with Crippen LogP contribution in [0, 0.1) is 6.92 Å². The number of hydrogen-bond acceptors (Lipinski definition) is 4. The summed E-state index contributed by atoms with van der Waals surface area (Å²) in [7, 11) is -2.07. The van der Waals surface area contributed by atoms with Crippen LogP contribution < -0.4 is 10.3 Å². The summed E-state index contributed by atoms with van der Waals surface area (Å²) in [5, 5.41) is 1.26. The molecule has 4 rings (SSSR count). The maximum absolute atomic E-state index is 12.9. The third-order valence-electron chi connectivity index (χ3n) is 5.19. The number of rotatable bonds is 4. The fraction of sp³-hybridized carbons (Fsp3) is 0.238. The van der Waals surface area contributed by atoms with E-state index in [1.807, 2.05) is 13.0 Å². The van der Waals surface area contributed by atoms with Gasteiger partial charge in [0.15, 0.2) is 0 Å². The van der Waals surface area contributed by atoms with Crippen LogP contribution in [0.1, 0.15) is 16.1 Å². The molecule has 8 heteroatoms. The van der Waals surface area contributed by atoms with Crippen LogP contribution in [0.5, 0.6) is 0 Å². The molecule has 0 spiro atoms. The number of sulfonamides is 1. The Balaban J connectivity index is 1.48. The summed E-state index contributed by atoms with van der Waals surface area (Å²) in [5.41, 5.74) is 1.03. The molecule has 1 aromatic heterocycles. The maximum atomic E-state index is 12.9. The highest BCUT2D eigenvalue weighted by atomic mass is 32.2. The van der Waals surface area contributed by atoms with Gasteiger partial charge in [-0.2, -0.15) is 0 Å². The molecule has 0 bridgehead atoms. The van der Waals surface area contributed by atoms with Gasteiger partial charge in [-0.3, -0.25) is 9.59 Å². The van der Waals surface area contributed by atoms with Crippen molar-refractivity contribution in [1.29, 1.82) is 0 Å². The van der Waals surface area contributed by atoms with E-state index >= 15 is 0 Å². The quantitative estimate of drug-likeness (QED) is 0.707. The normalized spacial score (nSPS) is 14.8. The standard InChI is InChI=1S/C21H21N3O4S/c1-14-7-9-17(10-8-14)29(27,28)22-16-12-24(13-16)21(26)19-11-15-5-3-4-6-18(15)20(25)23(19)2/h3-11,16,22H,12-13H2,1-2H3. The zero-order chi connectivity index (χ0) is 20.8. The van der Waals surface area contributed by atoms with Crippen molar-refractivity contribution in [3.63, 3.8) is 0 Å². The zero-order valence-corrected chi connectivity index (χ0v) is 16.9. The molecule has 1 fully saturated rings. The summed E-state index contributed by atoms with van der Waals surface area (Å²) >= 11 is 0. The van der Waals surface area contributed by atoms with Gasteiger partial charge in [-0.1, -0.05) is 35.9 Å². The Morgan fingerprint density at radius 3 is 2.41 bits per heavy atom. The largest absolute Gasteiger partial charge is 0.334 e. The molecular weight excluding hydrogens is 390 g/mol. The number of hydrogen-bond donors (Lipinski definition) is 1. The van der Waals surface area contributed by atoms with Gasteiger partial charge in [-0.25, -0.2) is 13.1 Å². The molecule has 1 amide bonds. The molecule has 1 aliphatic heterocycles. The molecule has 1 N–H and O–H groups in total. The van der Waals surface area contributed by atoms with Crippen molar-refractivity contribution in [2.24, 2.45) is 7.05 Å². The summed E-state index contributed by atoms with van der Waals surface area (Å²) < 4.78 is 28.9. The lowest BCUT2D eigenvalue weighted by Crippen LogP contribution is -2.61. The van der Waals surface area contributed by atoms with Crippen LogP contribution in [0.3, 0.4) is 0 Å². The first-order valence-corrected chi connectivity index (χ1v) is 10.7. The number of benzene rings is 2. The SMILES string of the molecule is Cc1ccc(S(=O)(=O)NC2CN(C(=O)c3cc4ccccc4c(=O)n3C)C2)cc1. The molecule has 7 nitrogen and oxygen atoms in total. The van der Waals surface area contributed by atoms with Crippen LogP contribution in [0.2, 0.25) is 0 Å². The number of aromatic nitrogens is 1. The zero-order valence-electron chi connectivity index (χ0n) is 16.1. The Bertz CT molecular complexity index is 1260. The minimum absolute atomic E-state index is 0.199. The summed E-state index contributed by atoms with van der Waals surface area (Å²) in [6, 6.07) is 15.1. The molecule has 0 unspecified atom stereocenters. The second kappa shape index (κ2) is 7.13. The predicted molar refractivity (Wildman–Crippen MR) is 110 cm³/mol. The number of pyridine rings is 1. The first-order chi connectivity index (χ1) is 13.8. The van der Waals surface area contributed by atoms with E-state index in [1.54, 1.807) is 55.6 Å². The molecule has 2 aromatic carbocycles. The third-order valence-corrected chi connectivity index (χ3v) is 6.73. The van der Waals surface area contributed by atoms with Gasteiger partial charge < -0.3 is 9.47 Å². The van der Waals surface area contributed by atoms with E-state index in [-0.39, 0.29) is 41.2 Å². The van der Waals surface area contributed by atoms with Crippen molar-refractivity contribution in [2.75, 3.05) is 13.1 Å². The van der Waals surface area contributed by atoms with Crippen molar-refractivity contribution < 1.29 is 13.2 Å². The molecule has 0 saturated carbocycles. The maximum Gasteiger partial charge on any atom is 0.270 e. The van der Waals surface area contributed by atoms with E-state index in [9.17, 15) is 18.0 Å². The minimum atomic E-state index is -3.64. The highest BCUT2D eigenvalue weighted by molar-refractivity contribution is 7.89. The highest BCUT2D eigenvalue weighted by Crippen LogP contribution is 2.18. The molecule has 2 heterocycles. The van der Waals surface area contributed by atoms with Crippen LogP contribution in [-0.4, -0.2) is 42.9 Å². The Labute approximate surface area is 168 Å². The number of carbonyl (C=O) groups excluding carboxylic acids is 1. The molecular formula is C21H21N3O4S. The van der Waals surface area contributed by atoms with Crippen LogP contribution in [0.15, 0.2) is 64.3 Å². The molecule has 0 atom stereocenters. The number of fused-ring (bicyclic) bond motifs is 1. The van der Waals surface area contributed by atoms with Gasteiger partial charge in [0.25, 0.3) is 11.5 Å². The number of nitrogens with one attached hydrogen (secondary N) is 1. The topological polar surface area (TPSA) is 88.5 Å². The third kappa shape index (κ3) is 3.56. The van der Waals surface area contributed by atoms with E-state index in [0.717, 1.165) is 5.56 Å². The predicted octanol–water partition coefficient (Wildman–Crippen LogP) is 1.65. The molecule has 150 valence electrons. The van der Waals surface area contributed by atoms with Gasteiger partial charge in [-0.05, 0) is 36.6 Å². The first kappa shape index (κ1) is 19.4. The fourth-order valence-corrected chi connectivity index (χ4v) is 4.66. The van der Waals surface area contributed by atoms with Crippen molar-refractivity contribution in [3.8, 4) is 0 Å². The Hall–Kier alpha value is -2.97. The van der Waals surface area contributed by atoms with E-state index in [2.05, 4.69) is 4.72 Å². The average Bonchev–Trinajstić information content (AvgIpc) is 2.67. The highest BCUT2D eigenvalue weighted by Gasteiger charge is 2.35. The van der Waals surface area contributed by atoms with E-state index in [1.165, 1.54) is 9.47 Å². The van der Waals surface area contributed by atoms with Crippen LogP contribution in [-0.2, 0) is 17.1 Å². The lowest BCUT2D eigenvalue weighted by Gasteiger charge is -2.39. The number of aryl methyl sites for hydroxylation is 1. The Kier molecular flexibility index (Phi) is 4.76. The summed E-state index contributed by atoms with van der Waals surface area (Å²) in [4.78, 5) is 27.1. The van der Waals surface area contributed by atoms with Crippen LogP contribution >= 0.6 is 0 Å². The monoisotopic (exact) mass is 411 g/mol. The van der Waals surface area contributed by atoms with E-state index in [0.29, 0.717) is 10.8 Å². The second-order valence-electron chi connectivity index (χ2n) is 7.32. The van der Waals surface area contributed by atoms with Gasteiger partial charge >= 0.3 is 0 Å². The summed E-state index contributed by atoms with van der Waals surface area (Å²) in [6.45, 7) is 2.40. The molecule has 29 heavy (non-hydrogen) atoms. The minimum Gasteiger partial charge on any atom is -0.334 e. The van der Waals surface area contributed by atoms with Crippen LogP contribution in [0.25, 0.3) is 10.8 Å². The van der Waals surface area contributed by atoms with Crippen molar-refractivity contribution in [1.82, 2.24) is 14.2 Å². The Morgan fingerprint density at radius 1 is 1.07 bits per heavy atom. The van der Waals surface area contributed by atoms with E-state index in [4.69, 9.17) is 0 Å². The van der Waals surface area contributed by atoms with Crippen molar-refractivity contribution >= 4 is 26.7 Å². The second-order valence-corrected chi connectivity index (χ2v) is 9.04. The van der Waals surface area contributed by atoms with Gasteiger partial charge in [-0.15, -0.1) is 0 Å². The molecule has 0 aliphatic carbocycles. The van der Waals surface area contributed by atoms with Gasteiger partial charge in [0.1, 0.15) is 5.69 Å². The number of carbonyl (C=O) groups is 1. The number of amides is 1. The fourth-order valence-electron chi connectivity index (χ4n) is 3.44. The molecule has 1 aliphatic rings. The lowest BCUT2D eigenvalue weighted by molar-refractivity contribution is 0.0580. The summed E-state index contributed by atoms with van der Waals surface area (Å²) in [5.74, 6) is -0.291. The van der Waals surface area contributed by atoms with Gasteiger partial charge in [0, 0.05) is 25.5 Å². The van der Waals surface area contributed by atoms with Gasteiger partial charge in [0.2, 0.25) is 10.0 Å². The van der Waals surface area contributed by atoms with Crippen molar-refractivity contribution in [2.45, 2.75) is 17.9 Å². The molecule has 3 aromatic rings. The molecule has 1 saturated heterocycles. The number of nitrogens with zero attached hydrogens (tertiary/aromatic N) is 2. The lowest BCUT2D eigenvalue weighted by atomic mass is 10.1. The average molecular weight is 411 g/mol. The van der Waals surface area contributed by atoms with E-state index < -0.39 is 10.0 Å². The van der Waals surface area contributed by atoms with Gasteiger partial charge in [0.05, 0.1) is 10.9 Å². The first-order valence-electron chi connectivity index (χ1n) is 9.23. The Morgan fingerprint density at radius 2 is 1.72 bits per heavy atom. The van der Waals surface area contributed by atoms with Crippen molar-refractivity contribution in [3.05, 3.63) is 76.2 Å². The smallest absolute Gasteiger partial charge is 0.270 e. The molecule has 0 radical (unpaired) electrons. The number of likely N-dealkylation sites (tertiary alicyclic amines) is 1.